The number of hydrogen-bond donors (Lipinski definition) is 2. The Morgan fingerprint density at radius 2 is 1.94 bits per heavy atom. The first-order valence-corrected chi connectivity index (χ1v) is 5.83. The molecular weight excluding hydrogens is 226 g/mol. The van der Waals surface area contributed by atoms with Gasteiger partial charge in [-0.25, -0.2) is 4.79 Å². The molecule has 0 saturated carbocycles. The van der Waals surface area contributed by atoms with Crippen LogP contribution in [0.5, 0.6) is 0 Å². The highest BCUT2D eigenvalue weighted by Crippen LogP contribution is 2.15. The van der Waals surface area contributed by atoms with Crippen molar-refractivity contribution in [2.75, 3.05) is 6.54 Å². The van der Waals surface area contributed by atoms with Crippen LogP contribution in [-0.4, -0.2) is 17.6 Å². The molecule has 3 nitrogen and oxygen atoms in total. The molecule has 0 atom stereocenters. The first kappa shape index (κ1) is 12.3. The third-order valence-corrected chi connectivity index (χ3v) is 2.67. The van der Waals surface area contributed by atoms with Crippen LogP contribution in [0.25, 0.3) is 10.8 Å². The normalized spacial score (nSPS) is 11.1. The van der Waals surface area contributed by atoms with E-state index in [4.69, 9.17) is 5.11 Å². The van der Waals surface area contributed by atoms with Gasteiger partial charge in [0.05, 0.1) is 0 Å². The predicted molar refractivity (Wildman–Crippen MR) is 72.4 cm³/mol. The molecule has 0 amide bonds. The van der Waals surface area contributed by atoms with Gasteiger partial charge in [-0.15, -0.1) is 0 Å². The summed E-state index contributed by atoms with van der Waals surface area (Å²) in [7, 11) is 0. The Bertz CT molecular complexity index is 575. The van der Waals surface area contributed by atoms with E-state index in [1.165, 1.54) is 16.3 Å². The van der Waals surface area contributed by atoms with E-state index < -0.39 is 5.97 Å². The molecule has 0 bridgehead atoms. The van der Waals surface area contributed by atoms with Crippen LogP contribution in [-0.2, 0) is 11.3 Å². The number of aliphatic carboxylic acids is 1. The fraction of sp³-hybridized carbons (Fsp3) is 0.133. The summed E-state index contributed by atoms with van der Waals surface area (Å²) in [6, 6.07) is 14.5. The zero-order valence-corrected chi connectivity index (χ0v) is 9.97. The first-order valence-electron chi connectivity index (χ1n) is 5.83. The highest BCUT2D eigenvalue weighted by atomic mass is 16.4. The monoisotopic (exact) mass is 241 g/mol. The molecule has 0 saturated heterocycles. The first-order chi connectivity index (χ1) is 8.75. The molecule has 2 aromatic rings. The van der Waals surface area contributed by atoms with Crippen molar-refractivity contribution in [3.8, 4) is 0 Å². The molecule has 0 unspecified atom stereocenters. The number of hydrogen-bond acceptors (Lipinski definition) is 2. The van der Waals surface area contributed by atoms with E-state index in [0.29, 0.717) is 6.54 Å². The minimum atomic E-state index is -0.914. The molecule has 2 N–H and O–H groups in total. The van der Waals surface area contributed by atoms with Crippen molar-refractivity contribution in [3.05, 3.63) is 60.2 Å². The van der Waals surface area contributed by atoms with Crippen LogP contribution >= 0.6 is 0 Å². The van der Waals surface area contributed by atoms with Crippen molar-refractivity contribution < 1.29 is 9.90 Å². The third-order valence-electron chi connectivity index (χ3n) is 2.67. The molecule has 92 valence electrons. The average Bonchev–Trinajstić information content (AvgIpc) is 2.38. The smallest absolute Gasteiger partial charge is 0.328 e. The summed E-state index contributed by atoms with van der Waals surface area (Å²) in [4.78, 5) is 10.3. The molecule has 0 aliphatic heterocycles. The van der Waals surface area contributed by atoms with Gasteiger partial charge in [-0.3, -0.25) is 0 Å². The van der Waals surface area contributed by atoms with E-state index in [1.807, 2.05) is 12.1 Å². The van der Waals surface area contributed by atoms with Crippen molar-refractivity contribution in [2.45, 2.75) is 6.54 Å². The van der Waals surface area contributed by atoms with Gasteiger partial charge in [0, 0.05) is 19.2 Å². The summed E-state index contributed by atoms with van der Waals surface area (Å²) in [5, 5.41) is 14.1. The van der Waals surface area contributed by atoms with Crippen molar-refractivity contribution in [1.82, 2.24) is 5.32 Å². The van der Waals surface area contributed by atoms with E-state index >= 15 is 0 Å². The second-order valence-electron chi connectivity index (χ2n) is 4.05. The lowest BCUT2D eigenvalue weighted by Crippen LogP contribution is -2.13. The number of benzene rings is 2. The van der Waals surface area contributed by atoms with Crippen molar-refractivity contribution in [3.63, 3.8) is 0 Å². The van der Waals surface area contributed by atoms with Gasteiger partial charge in [0.2, 0.25) is 0 Å². The summed E-state index contributed by atoms with van der Waals surface area (Å²) >= 11 is 0. The molecule has 0 aliphatic carbocycles. The van der Waals surface area contributed by atoms with Crippen LogP contribution in [0.4, 0.5) is 0 Å². The Morgan fingerprint density at radius 1 is 1.17 bits per heavy atom. The van der Waals surface area contributed by atoms with Crippen molar-refractivity contribution >= 4 is 16.7 Å². The Kier molecular flexibility index (Phi) is 4.10. The molecule has 18 heavy (non-hydrogen) atoms. The van der Waals surface area contributed by atoms with E-state index in [9.17, 15) is 4.79 Å². The Balaban J connectivity index is 1.94. The zero-order chi connectivity index (χ0) is 12.8. The number of rotatable bonds is 5. The van der Waals surface area contributed by atoms with Gasteiger partial charge in [-0.1, -0.05) is 42.5 Å². The molecule has 2 aromatic carbocycles. The maximum atomic E-state index is 10.3. The second kappa shape index (κ2) is 5.98. The summed E-state index contributed by atoms with van der Waals surface area (Å²) in [5.41, 5.74) is 1.19. The largest absolute Gasteiger partial charge is 0.478 e. The molecule has 3 heteroatoms. The third kappa shape index (κ3) is 3.43. The lowest BCUT2D eigenvalue weighted by molar-refractivity contribution is -0.131. The molecule has 0 heterocycles. The number of carboxylic acids is 1. The zero-order valence-electron chi connectivity index (χ0n) is 9.97. The van der Waals surface area contributed by atoms with E-state index in [0.717, 1.165) is 12.6 Å². The molecular formula is C15H15NO2. The maximum absolute atomic E-state index is 10.3. The maximum Gasteiger partial charge on any atom is 0.328 e. The van der Waals surface area contributed by atoms with Gasteiger partial charge < -0.3 is 10.4 Å². The summed E-state index contributed by atoms with van der Waals surface area (Å²) in [5.74, 6) is -0.914. The van der Waals surface area contributed by atoms with E-state index in [1.54, 1.807) is 6.08 Å². The van der Waals surface area contributed by atoms with Crippen LogP contribution in [0.2, 0.25) is 0 Å². The highest BCUT2D eigenvalue weighted by Gasteiger charge is 1.95. The van der Waals surface area contributed by atoms with Gasteiger partial charge in [-0.2, -0.15) is 0 Å². The van der Waals surface area contributed by atoms with Crippen LogP contribution in [0.3, 0.4) is 0 Å². The Hall–Kier alpha value is -2.13. The Morgan fingerprint density at radius 3 is 2.72 bits per heavy atom. The molecule has 0 aliphatic rings. The van der Waals surface area contributed by atoms with E-state index in [2.05, 4.69) is 35.6 Å². The van der Waals surface area contributed by atoms with Gasteiger partial charge in [-0.05, 0) is 22.4 Å². The minimum Gasteiger partial charge on any atom is -0.478 e. The lowest BCUT2D eigenvalue weighted by Gasteiger charge is -2.04. The Labute approximate surface area is 106 Å². The van der Waals surface area contributed by atoms with Crippen LogP contribution < -0.4 is 5.32 Å². The fourth-order valence-electron chi connectivity index (χ4n) is 1.81. The SMILES string of the molecule is O=C(O)/C=C/CNCc1ccc2ccccc2c1. The quantitative estimate of drug-likeness (QED) is 0.625. The number of nitrogens with one attached hydrogen (secondary N) is 1. The predicted octanol–water partition coefficient (Wildman–Crippen LogP) is 2.57. The van der Waals surface area contributed by atoms with Crippen LogP contribution in [0.1, 0.15) is 5.56 Å². The minimum absolute atomic E-state index is 0.555. The molecule has 0 radical (unpaired) electrons. The summed E-state index contributed by atoms with van der Waals surface area (Å²) in [6.07, 6.45) is 2.75. The van der Waals surface area contributed by atoms with Crippen LogP contribution in [0, 0.1) is 0 Å². The van der Waals surface area contributed by atoms with Crippen molar-refractivity contribution in [1.29, 1.82) is 0 Å². The average molecular weight is 241 g/mol. The number of fused-ring (bicyclic) bond motifs is 1. The highest BCUT2D eigenvalue weighted by molar-refractivity contribution is 5.83. The summed E-state index contributed by atoms with van der Waals surface area (Å²) in [6.45, 7) is 1.29. The molecule has 0 spiro atoms. The standard InChI is InChI=1S/C15H15NO2/c17-15(18)6-3-9-16-11-12-7-8-13-4-1-2-5-14(13)10-12/h1-8,10,16H,9,11H2,(H,17,18)/b6-3+. The van der Waals surface area contributed by atoms with Gasteiger partial charge in [0.25, 0.3) is 0 Å². The van der Waals surface area contributed by atoms with Gasteiger partial charge in [0.15, 0.2) is 0 Å². The van der Waals surface area contributed by atoms with Crippen molar-refractivity contribution in [2.24, 2.45) is 0 Å². The number of carbonyl (C=O) groups is 1. The molecule has 0 aromatic heterocycles. The molecule has 2 rings (SSSR count). The lowest BCUT2D eigenvalue weighted by atomic mass is 10.1. The topological polar surface area (TPSA) is 49.3 Å². The fourth-order valence-corrected chi connectivity index (χ4v) is 1.81. The van der Waals surface area contributed by atoms with E-state index in [-0.39, 0.29) is 0 Å². The number of carboxylic acid groups (broad SMARTS) is 1. The van der Waals surface area contributed by atoms with Crippen LogP contribution in [0.15, 0.2) is 54.6 Å². The molecule has 0 fully saturated rings. The summed E-state index contributed by atoms with van der Waals surface area (Å²) < 4.78 is 0. The van der Waals surface area contributed by atoms with Gasteiger partial charge >= 0.3 is 5.97 Å². The van der Waals surface area contributed by atoms with Gasteiger partial charge in [0.1, 0.15) is 0 Å². The second-order valence-corrected chi connectivity index (χ2v) is 4.05.